The summed E-state index contributed by atoms with van der Waals surface area (Å²) in [6.07, 6.45) is 0. The van der Waals surface area contributed by atoms with Crippen molar-refractivity contribution < 1.29 is 5.11 Å². The summed E-state index contributed by atoms with van der Waals surface area (Å²) in [7, 11) is 0. The molecule has 3 nitrogen and oxygen atoms in total. The van der Waals surface area contributed by atoms with Gasteiger partial charge in [-0.15, -0.1) is 0 Å². The Labute approximate surface area is 58.8 Å². The van der Waals surface area contributed by atoms with Crippen LogP contribution in [0.15, 0.2) is 23.3 Å². The molecule has 0 amide bonds. The van der Waals surface area contributed by atoms with Crippen molar-refractivity contribution in [3.8, 4) is 5.75 Å². The number of nitrogens with one attached hydrogen (secondary N) is 1. The second kappa shape index (κ2) is 2.47. The zero-order valence-corrected chi connectivity index (χ0v) is 5.63. The van der Waals surface area contributed by atoms with E-state index in [9.17, 15) is 0 Å². The molecule has 0 fully saturated rings. The summed E-state index contributed by atoms with van der Waals surface area (Å²) < 4.78 is 0. The Hall–Kier alpha value is -1.38. The van der Waals surface area contributed by atoms with Crippen molar-refractivity contribution in [2.75, 3.05) is 0 Å². The Morgan fingerprint density at radius 1 is 1.50 bits per heavy atom. The summed E-state index contributed by atoms with van der Waals surface area (Å²) in [4.78, 5) is 0. The Morgan fingerprint density at radius 2 is 2.20 bits per heavy atom. The van der Waals surface area contributed by atoms with Gasteiger partial charge in [-0.3, -0.25) is 0 Å². The highest BCUT2D eigenvalue weighted by Gasteiger charge is 1.95. The number of phenolic OH excluding ortho intramolecular Hbond substituents is 1. The molecule has 0 aromatic heterocycles. The lowest BCUT2D eigenvalue weighted by atomic mass is 10.2. The lowest BCUT2D eigenvalue weighted by Crippen LogP contribution is -1.71. The van der Waals surface area contributed by atoms with Crippen molar-refractivity contribution in [3.05, 3.63) is 23.8 Å². The molecule has 0 aliphatic heterocycles. The molecule has 10 heavy (non-hydrogen) atoms. The van der Waals surface area contributed by atoms with Gasteiger partial charge in [0.15, 0.2) is 0 Å². The summed E-state index contributed by atoms with van der Waals surface area (Å²) in [6.45, 7) is 1.80. The molecule has 0 aliphatic carbocycles. The third-order valence-electron chi connectivity index (χ3n) is 1.30. The third-order valence-corrected chi connectivity index (χ3v) is 1.30. The number of nitrogens with zero attached hydrogens (tertiary/aromatic N) is 1. The quantitative estimate of drug-likeness (QED) is 0.572. The first kappa shape index (κ1) is 6.74. The molecule has 0 heterocycles. The van der Waals surface area contributed by atoms with Gasteiger partial charge in [-0.1, -0.05) is 0 Å². The number of aromatic hydroxyl groups is 1. The Morgan fingerprint density at radius 3 is 2.70 bits per heavy atom. The van der Waals surface area contributed by atoms with Gasteiger partial charge in [0.2, 0.25) is 0 Å². The molecular weight excluding hydrogens is 128 g/mol. The van der Waals surface area contributed by atoms with Gasteiger partial charge in [-0.2, -0.15) is 5.11 Å². The van der Waals surface area contributed by atoms with E-state index in [-0.39, 0.29) is 5.75 Å². The zero-order chi connectivity index (χ0) is 7.56. The van der Waals surface area contributed by atoms with E-state index < -0.39 is 0 Å². The van der Waals surface area contributed by atoms with Gasteiger partial charge >= 0.3 is 0 Å². The lowest BCUT2D eigenvalue weighted by Gasteiger charge is -1.96. The van der Waals surface area contributed by atoms with Crippen LogP contribution in [0.25, 0.3) is 0 Å². The first-order valence-corrected chi connectivity index (χ1v) is 2.91. The normalized spacial score (nSPS) is 9.30. The van der Waals surface area contributed by atoms with Crippen LogP contribution in [0.2, 0.25) is 0 Å². The maximum Gasteiger partial charge on any atom is 0.115 e. The molecular formula is C7H8N2O. The molecule has 0 saturated carbocycles. The summed E-state index contributed by atoms with van der Waals surface area (Å²) in [5, 5.41) is 12.2. The molecule has 0 atom stereocenters. The summed E-state index contributed by atoms with van der Waals surface area (Å²) in [5.74, 6) is 0.213. The van der Waals surface area contributed by atoms with E-state index in [1.54, 1.807) is 19.1 Å². The molecule has 2 N–H and O–H groups in total. The molecule has 3 heteroatoms. The summed E-state index contributed by atoms with van der Waals surface area (Å²) in [6, 6.07) is 4.70. The van der Waals surface area contributed by atoms with Crippen LogP contribution in [0.5, 0.6) is 5.75 Å². The largest absolute Gasteiger partial charge is 0.508 e. The van der Waals surface area contributed by atoms with Crippen LogP contribution >= 0.6 is 0 Å². The molecule has 0 radical (unpaired) electrons. The smallest absolute Gasteiger partial charge is 0.115 e. The second-order valence-corrected chi connectivity index (χ2v) is 2.08. The summed E-state index contributed by atoms with van der Waals surface area (Å²) in [5.41, 5.74) is 8.11. The maximum atomic E-state index is 8.93. The topological polar surface area (TPSA) is 56.4 Å². The maximum absolute atomic E-state index is 8.93. The molecule has 52 valence electrons. The van der Waals surface area contributed by atoms with Gasteiger partial charge in [0.1, 0.15) is 5.75 Å². The number of phenols is 1. The van der Waals surface area contributed by atoms with Crippen LogP contribution in [-0.4, -0.2) is 5.11 Å². The summed E-state index contributed by atoms with van der Waals surface area (Å²) >= 11 is 0. The number of aryl methyl sites for hydroxylation is 1. The van der Waals surface area contributed by atoms with E-state index in [1.165, 1.54) is 6.07 Å². The Balaban J connectivity index is 3.19. The molecule has 0 spiro atoms. The average Bonchev–Trinajstić information content (AvgIpc) is 1.88. The standard InChI is InChI=1S/C7H8N2O/c1-5-4-6(10)2-3-7(5)9-8/h2-4,8,10H,1H3. The molecule has 1 aromatic carbocycles. The SMILES string of the molecule is Cc1cc(O)ccc1N=N. The minimum atomic E-state index is 0.213. The van der Waals surface area contributed by atoms with Crippen LogP contribution < -0.4 is 0 Å². The van der Waals surface area contributed by atoms with Crippen molar-refractivity contribution in [2.45, 2.75) is 6.92 Å². The fourth-order valence-corrected chi connectivity index (χ4v) is 0.765. The number of benzene rings is 1. The van der Waals surface area contributed by atoms with E-state index in [0.29, 0.717) is 5.69 Å². The van der Waals surface area contributed by atoms with E-state index in [4.69, 9.17) is 10.6 Å². The van der Waals surface area contributed by atoms with Gasteiger partial charge in [0.05, 0.1) is 5.69 Å². The predicted molar refractivity (Wildman–Crippen MR) is 37.7 cm³/mol. The predicted octanol–water partition coefficient (Wildman–Crippen LogP) is 2.36. The fourth-order valence-electron chi connectivity index (χ4n) is 0.765. The molecule has 0 bridgehead atoms. The van der Waals surface area contributed by atoms with Crippen molar-refractivity contribution in [1.29, 1.82) is 5.53 Å². The van der Waals surface area contributed by atoms with Crippen molar-refractivity contribution >= 4 is 5.69 Å². The lowest BCUT2D eigenvalue weighted by molar-refractivity contribution is 0.475. The minimum Gasteiger partial charge on any atom is -0.508 e. The molecule has 0 saturated heterocycles. The van der Waals surface area contributed by atoms with Gasteiger partial charge in [0.25, 0.3) is 0 Å². The molecule has 0 aliphatic rings. The van der Waals surface area contributed by atoms with E-state index in [2.05, 4.69) is 5.11 Å². The second-order valence-electron chi connectivity index (χ2n) is 2.08. The Kier molecular flexibility index (Phi) is 1.67. The third kappa shape index (κ3) is 1.13. The zero-order valence-electron chi connectivity index (χ0n) is 5.63. The van der Waals surface area contributed by atoms with Crippen molar-refractivity contribution in [1.82, 2.24) is 0 Å². The van der Waals surface area contributed by atoms with E-state index >= 15 is 0 Å². The number of hydrogen-bond acceptors (Lipinski definition) is 3. The van der Waals surface area contributed by atoms with Crippen LogP contribution in [0.1, 0.15) is 5.56 Å². The van der Waals surface area contributed by atoms with Gasteiger partial charge in [-0.05, 0) is 30.7 Å². The highest BCUT2D eigenvalue weighted by Crippen LogP contribution is 2.21. The van der Waals surface area contributed by atoms with Gasteiger partial charge in [0, 0.05) is 0 Å². The van der Waals surface area contributed by atoms with Crippen molar-refractivity contribution in [3.63, 3.8) is 0 Å². The average molecular weight is 136 g/mol. The highest BCUT2D eigenvalue weighted by molar-refractivity contribution is 5.47. The molecule has 1 rings (SSSR count). The monoisotopic (exact) mass is 136 g/mol. The van der Waals surface area contributed by atoms with Crippen LogP contribution in [0.3, 0.4) is 0 Å². The van der Waals surface area contributed by atoms with E-state index in [1.807, 2.05) is 0 Å². The fraction of sp³-hybridized carbons (Fsp3) is 0.143. The highest BCUT2D eigenvalue weighted by atomic mass is 16.3. The minimum absolute atomic E-state index is 0.213. The Bertz CT molecular complexity index is 258. The first-order chi connectivity index (χ1) is 4.74. The van der Waals surface area contributed by atoms with Crippen LogP contribution in [0.4, 0.5) is 5.69 Å². The molecule has 0 unspecified atom stereocenters. The number of hydrogen-bond donors (Lipinski definition) is 2. The van der Waals surface area contributed by atoms with Crippen molar-refractivity contribution in [2.24, 2.45) is 5.11 Å². The van der Waals surface area contributed by atoms with Gasteiger partial charge in [-0.25, -0.2) is 5.53 Å². The molecule has 1 aromatic rings. The first-order valence-electron chi connectivity index (χ1n) is 2.91. The van der Waals surface area contributed by atoms with E-state index in [0.717, 1.165) is 5.56 Å². The van der Waals surface area contributed by atoms with Gasteiger partial charge < -0.3 is 5.11 Å². The number of rotatable bonds is 1. The van der Waals surface area contributed by atoms with Crippen LogP contribution in [-0.2, 0) is 0 Å². The van der Waals surface area contributed by atoms with Crippen LogP contribution in [0, 0.1) is 12.5 Å².